The van der Waals surface area contributed by atoms with Gasteiger partial charge < -0.3 is 5.73 Å². The molecule has 0 aromatic heterocycles. The average molecular weight is 258 g/mol. The maximum atomic E-state index is 13.1. The van der Waals surface area contributed by atoms with Crippen molar-refractivity contribution in [3.63, 3.8) is 0 Å². The largest absolute Gasteiger partial charge is 0.388 e. The molecule has 1 unspecified atom stereocenters. The Balaban J connectivity index is 2.70. The summed E-state index contributed by atoms with van der Waals surface area (Å²) in [5, 5.41) is 7.79. The molecule has 3 N–H and O–H groups in total. The number of nitrogens with zero attached hydrogens (tertiary/aromatic N) is 1. The Kier molecular flexibility index (Phi) is 4.90. The van der Waals surface area contributed by atoms with Gasteiger partial charge in [0.1, 0.15) is 5.82 Å². The third-order valence-electron chi connectivity index (χ3n) is 2.70. The van der Waals surface area contributed by atoms with Crippen molar-refractivity contribution in [1.29, 1.82) is 5.41 Å². The molecule has 0 spiro atoms. The van der Waals surface area contributed by atoms with Crippen LogP contribution in [-0.2, 0) is 6.54 Å². The van der Waals surface area contributed by atoms with E-state index in [1.54, 1.807) is 6.07 Å². The molecule has 0 heterocycles. The molecule has 0 amide bonds. The first kappa shape index (κ1) is 13.9. The van der Waals surface area contributed by atoms with Gasteiger partial charge in [-0.1, -0.05) is 11.6 Å². The molecule has 17 heavy (non-hydrogen) atoms. The summed E-state index contributed by atoms with van der Waals surface area (Å²) in [4.78, 5) is 1.99. The minimum Gasteiger partial charge on any atom is -0.388 e. The van der Waals surface area contributed by atoms with Crippen molar-refractivity contribution in [2.24, 2.45) is 5.73 Å². The third kappa shape index (κ3) is 4.32. The van der Waals surface area contributed by atoms with E-state index in [2.05, 4.69) is 0 Å². The van der Waals surface area contributed by atoms with Crippen molar-refractivity contribution in [2.45, 2.75) is 25.9 Å². The minimum atomic E-state index is -0.294. The third-order valence-corrected chi connectivity index (χ3v) is 3.06. The molecule has 94 valence electrons. The van der Waals surface area contributed by atoms with Gasteiger partial charge in [0.2, 0.25) is 0 Å². The Morgan fingerprint density at radius 1 is 1.59 bits per heavy atom. The van der Waals surface area contributed by atoms with E-state index in [4.69, 9.17) is 22.7 Å². The zero-order chi connectivity index (χ0) is 13.0. The number of rotatable bonds is 5. The van der Waals surface area contributed by atoms with Crippen LogP contribution in [0.1, 0.15) is 18.9 Å². The second kappa shape index (κ2) is 5.98. The minimum absolute atomic E-state index is 0.117. The van der Waals surface area contributed by atoms with Gasteiger partial charge in [-0.25, -0.2) is 4.39 Å². The van der Waals surface area contributed by atoms with Gasteiger partial charge in [-0.3, -0.25) is 10.3 Å². The van der Waals surface area contributed by atoms with Crippen LogP contribution in [0.4, 0.5) is 4.39 Å². The van der Waals surface area contributed by atoms with Gasteiger partial charge in [-0.15, -0.1) is 0 Å². The van der Waals surface area contributed by atoms with Crippen LogP contribution in [0.25, 0.3) is 0 Å². The molecule has 1 atom stereocenters. The molecular weight excluding hydrogens is 241 g/mol. The molecule has 1 aromatic carbocycles. The number of nitrogens with two attached hydrogens (primary N) is 1. The van der Waals surface area contributed by atoms with Gasteiger partial charge in [0, 0.05) is 24.0 Å². The lowest BCUT2D eigenvalue weighted by atomic mass is 10.1. The number of benzene rings is 1. The Labute approximate surface area is 106 Å². The second-order valence-electron chi connectivity index (χ2n) is 4.23. The number of nitrogens with one attached hydrogen (secondary N) is 1. The Bertz CT molecular complexity index is 409. The molecule has 5 heteroatoms. The maximum Gasteiger partial charge on any atom is 0.123 e. The first-order valence-electron chi connectivity index (χ1n) is 5.37. The fourth-order valence-corrected chi connectivity index (χ4v) is 1.74. The van der Waals surface area contributed by atoms with E-state index in [0.717, 1.165) is 5.56 Å². The lowest BCUT2D eigenvalue weighted by Crippen LogP contribution is -2.32. The summed E-state index contributed by atoms with van der Waals surface area (Å²) < 4.78 is 13.1. The smallest absolute Gasteiger partial charge is 0.123 e. The van der Waals surface area contributed by atoms with E-state index < -0.39 is 0 Å². The molecule has 0 fully saturated rings. The molecule has 0 saturated carbocycles. The first-order chi connectivity index (χ1) is 7.90. The van der Waals surface area contributed by atoms with Crippen molar-refractivity contribution in [3.8, 4) is 0 Å². The van der Waals surface area contributed by atoms with Crippen LogP contribution in [0.2, 0.25) is 5.02 Å². The maximum absolute atomic E-state index is 13.1. The fraction of sp³-hybridized carbons (Fsp3) is 0.417. The van der Waals surface area contributed by atoms with E-state index >= 15 is 0 Å². The lowest BCUT2D eigenvalue weighted by Gasteiger charge is -2.24. The zero-order valence-electron chi connectivity index (χ0n) is 10.0. The molecule has 1 rings (SSSR count). The molecule has 0 bridgehead atoms. The standard InChI is InChI=1S/C12H17ClFN3/c1-8(5-12(15)16)17(2)7-9-6-10(14)3-4-11(9)13/h3-4,6,8H,5,7H2,1-2H3,(H3,15,16). The SMILES string of the molecule is CC(CC(=N)N)N(C)Cc1cc(F)ccc1Cl. The van der Waals surface area contributed by atoms with Crippen LogP contribution in [0.3, 0.4) is 0 Å². The lowest BCUT2D eigenvalue weighted by molar-refractivity contribution is 0.254. The summed E-state index contributed by atoms with van der Waals surface area (Å²) in [6.07, 6.45) is 0.490. The summed E-state index contributed by atoms with van der Waals surface area (Å²) in [6, 6.07) is 4.44. The van der Waals surface area contributed by atoms with Crippen LogP contribution in [0.5, 0.6) is 0 Å². The second-order valence-corrected chi connectivity index (χ2v) is 4.64. The molecule has 0 aliphatic carbocycles. The van der Waals surface area contributed by atoms with Gasteiger partial charge in [0.25, 0.3) is 0 Å². The number of hydrogen-bond acceptors (Lipinski definition) is 2. The summed E-state index contributed by atoms with van der Waals surface area (Å²) >= 11 is 5.99. The average Bonchev–Trinajstić information content (AvgIpc) is 2.22. The van der Waals surface area contributed by atoms with Crippen molar-refractivity contribution in [1.82, 2.24) is 4.90 Å². The highest BCUT2D eigenvalue weighted by Crippen LogP contribution is 2.19. The molecule has 0 aliphatic heterocycles. The van der Waals surface area contributed by atoms with Crippen LogP contribution in [-0.4, -0.2) is 23.8 Å². The molecule has 1 aromatic rings. The van der Waals surface area contributed by atoms with Crippen molar-refractivity contribution in [2.75, 3.05) is 7.05 Å². The molecular formula is C12H17ClFN3. The molecule has 0 radical (unpaired) electrons. The van der Waals surface area contributed by atoms with Gasteiger partial charge in [-0.2, -0.15) is 0 Å². The van der Waals surface area contributed by atoms with E-state index in [-0.39, 0.29) is 17.7 Å². The summed E-state index contributed by atoms with van der Waals surface area (Å²) in [5.74, 6) is -0.147. The zero-order valence-corrected chi connectivity index (χ0v) is 10.8. The van der Waals surface area contributed by atoms with E-state index in [1.165, 1.54) is 12.1 Å². The van der Waals surface area contributed by atoms with E-state index in [0.29, 0.717) is 18.0 Å². The fourth-order valence-electron chi connectivity index (χ4n) is 1.56. The van der Waals surface area contributed by atoms with Crippen LogP contribution < -0.4 is 5.73 Å². The topological polar surface area (TPSA) is 53.1 Å². The first-order valence-corrected chi connectivity index (χ1v) is 5.75. The van der Waals surface area contributed by atoms with Crippen LogP contribution in [0.15, 0.2) is 18.2 Å². The van der Waals surface area contributed by atoms with Crippen molar-refractivity contribution >= 4 is 17.4 Å². The monoisotopic (exact) mass is 257 g/mol. The summed E-state index contributed by atoms with van der Waals surface area (Å²) in [5.41, 5.74) is 6.09. The Morgan fingerprint density at radius 3 is 2.82 bits per heavy atom. The highest BCUT2D eigenvalue weighted by Gasteiger charge is 2.12. The Morgan fingerprint density at radius 2 is 2.24 bits per heavy atom. The van der Waals surface area contributed by atoms with Crippen LogP contribution in [0, 0.1) is 11.2 Å². The highest BCUT2D eigenvalue weighted by atomic mass is 35.5. The van der Waals surface area contributed by atoms with Crippen molar-refractivity contribution in [3.05, 3.63) is 34.6 Å². The summed E-state index contributed by atoms with van der Waals surface area (Å²) in [7, 11) is 1.90. The van der Waals surface area contributed by atoms with E-state index in [1.807, 2.05) is 18.9 Å². The summed E-state index contributed by atoms with van der Waals surface area (Å²) in [6.45, 7) is 2.50. The van der Waals surface area contributed by atoms with Gasteiger partial charge in [-0.05, 0) is 37.7 Å². The van der Waals surface area contributed by atoms with Gasteiger partial charge in [0.15, 0.2) is 0 Å². The van der Waals surface area contributed by atoms with Gasteiger partial charge >= 0.3 is 0 Å². The number of amidine groups is 1. The molecule has 3 nitrogen and oxygen atoms in total. The van der Waals surface area contributed by atoms with Crippen LogP contribution >= 0.6 is 11.6 Å². The number of hydrogen-bond donors (Lipinski definition) is 2. The Hall–Kier alpha value is -1.13. The highest BCUT2D eigenvalue weighted by molar-refractivity contribution is 6.31. The predicted molar refractivity (Wildman–Crippen MR) is 68.9 cm³/mol. The van der Waals surface area contributed by atoms with Gasteiger partial charge in [0.05, 0.1) is 5.84 Å². The predicted octanol–water partition coefficient (Wildman–Crippen LogP) is 2.63. The van der Waals surface area contributed by atoms with Crippen molar-refractivity contribution < 1.29 is 4.39 Å². The number of halogens is 2. The molecule has 0 aliphatic rings. The normalized spacial score (nSPS) is 12.8. The van der Waals surface area contributed by atoms with E-state index in [9.17, 15) is 4.39 Å². The quantitative estimate of drug-likeness (QED) is 0.629. The molecule has 0 saturated heterocycles.